The molecule has 0 amide bonds. The minimum atomic E-state index is -3.34. The molecule has 0 radical (unpaired) electrons. The van der Waals surface area contributed by atoms with E-state index in [1.807, 2.05) is 0 Å². The lowest BCUT2D eigenvalue weighted by molar-refractivity contribution is 0.282. The maximum absolute atomic E-state index is 11.7. The molecule has 0 saturated heterocycles. The van der Waals surface area contributed by atoms with Crippen LogP contribution >= 0.6 is 0 Å². The number of nitrogens with zero attached hydrogens (tertiary/aromatic N) is 1. The summed E-state index contributed by atoms with van der Waals surface area (Å²) >= 11 is 0. The van der Waals surface area contributed by atoms with Gasteiger partial charge in [-0.3, -0.25) is 0 Å². The zero-order chi connectivity index (χ0) is 13.4. The first-order chi connectivity index (χ1) is 8.53. The summed E-state index contributed by atoms with van der Waals surface area (Å²) in [4.78, 5) is 0. The molecule has 1 heterocycles. The molecule has 7 heteroatoms. The van der Waals surface area contributed by atoms with Crippen molar-refractivity contribution in [1.29, 1.82) is 0 Å². The Kier molecular flexibility index (Phi) is 6.31. The molecule has 1 aromatic heterocycles. The van der Waals surface area contributed by atoms with E-state index < -0.39 is 10.0 Å². The summed E-state index contributed by atoms with van der Waals surface area (Å²) in [5.41, 5.74) is 0.417. The second-order valence-electron chi connectivity index (χ2n) is 4.22. The number of aryl methyl sites for hydroxylation is 1. The largest absolute Gasteiger partial charge is 0.396 e. The van der Waals surface area contributed by atoms with Gasteiger partial charge in [-0.25, -0.2) is 13.1 Å². The van der Waals surface area contributed by atoms with Gasteiger partial charge in [-0.15, -0.1) is 0 Å². The molecular formula is C11H20N2O4S. The van der Waals surface area contributed by atoms with Crippen molar-refractivity contribution >= 4 is 10.0 Å². The lowest BCUT2D eigenvalue weighted by Crippen LogP contribution is -2.26. The van der Waals surface area contributed by atoms with Gasteiger partial charge in [0.05, 0.1) is 0 Å². The molecule has 104 valence electrons. The first-order valence-corrected chi connectivity index (χ1v) is 7.69. The molecule has 0 aromatic carbocycles. The number of rotatable bonds is 9. The van der Waals surface area contributed by atoms with Crippen LogP contribution in [0.15, 0.2) is 10.6 Å². The van der Waals surface area contributed by atoms with E-state index in [9.17, 15) is 8.42 Å². The summed E-state index contributed by atoms with van der Waals surface area (Å²) in [5.74, 6) is 0.449. The highest BCUT2D eigenvalue weighted by molar-refractivity contribution is 7.88. The molecular weight excluding hydrogens is 256 g/mol. The predicted molar refractivity (Wildman–Crippen MR) is 67.4 cm³/mol. The number of hydrogen-bond acceptors (Lipinski definition) is 5. The van der Waals surface area contributed by atoms with Crippen LogP contribution in [0.4, 0.5) is 0 Å². The minimum Gasteiger partial charge on any atom is -0.396 e. The fraction of sp³-hybridized carbons (Fsp3) is 0.727. The Hall–Kier alpha value is -0.920. The number of nitrogens with one attached hydrogen (secondary N) is 1. The van der Waals surface area contributed by atoms with E-state index in [4.69, 9.17) is 9.63 Å². The van der Waals surface area contributed by atoms with Crippen LogP contribution in [0, 0.1) is 6.92 Å². The van der Waals surface area contributed by atoms with Crippen LogP contribution in [0.5, 0.6) is 0 Å². The van der Waals surface area contributed by atoms with Crippen LogP contribution < -0.4 is 4.72 Å². The van der Waals surface area contributed by atoms with Crippen LogP contribution in [0.25, 0.3) is 0 Å². The molecule has 1 rings (SSSR count). The highest BCUT2D eigenvalue weighted by Gasteiger charge is 2.13. The van der Waals surface area contributed by atoms with Crippen molar-refractivity contribution in [1.82, 2.24) is 9.88 Å². The number of aliphatic hydroxyl groups excluding tert-OH is 1. The highest BCUT2D eigenvalue weighted by atomic mass is 32.2. The molecule has 6 nitrogen and oxygen atoms in total. The topological polar surface area (TPSA) is 92.4 Å². The first kappa shape index (κ1) is 15.1. The third kappa shape index (κ3) is 6.13. The van der Waals surface area contributed by atoms with E-state index in [-0.39, 0.29) is 12.4 Å². The Morgan fingerprint density at radius 3 is 2.67 bits per heavy atom. The van der Waals surface area contributed by atoms with Gasteiger partial charge in [0.2, 0.25) is 10.0 Å². The molecule has 0 atom stereocenters. The molecule has 0 aliphatic rings. The molecule has 0 aliphatic heterocycles. The Morgan fingerprint density at radius 2 is 2.06 bits per heavy atom. The van der Waals surface area contributed by atoms with Gasteiger partial charge in [-0.2, -0.15) is 0 Å². The number of unbranched alkanes of at least 4 members (excludes halogenated alkanes) is 3. The van der Waals surface area contributed by atoms with E-state index >= 15 is 0 Å². The average molecular weight is 276 g/mol. The minimum absolute atomic E-state index is 0.152. The van der Waals surface area contributed by atoms with Crippen LogP contribution in [-0.2, 0) is 15.8 Å². The van der Waals surface area contributed by atoms with Crippen LogP contribution in [0.3, 0.4) is 0 Å². The first-order valence-electron chi connectivity index (χ1n) is 6.04. The smallest absolute Gasteiger partial charge is 0.217 e. The quantitative estimate of drug-likeness (QED) is 0.655. The van der Waals surface area contributed by atoms with E-state index in [0.717, 1.165) is 25.7 Å². The second-order valence-corrected chi connectivity index (χ2v) is 6.03. The van der Waals surface area contributed by atoms with Gasteiger partial charge in [-0.05, 0) is 19.8 Å². The average Bonchev–Trinajstić information content (AvgIpc) is 2.68. The van der Waals surface area contributed by atoms with Crippen molar-refractivity contribution < 1.29 is 18.0 Å². The summed E-state index contributed by atoms with van der Waals surface area (Å²) in [6, 6.07) is 1.61. The van der Waals surface area contributed by atoms with Gasteiger partial charge >= 0.3 is 0 Å². The molecule has 0 unspecified atom stereocenters. The molecule has 0 aliphatic carbocycles. The molecule has 0 spiro atoms. The number of aliphatic hydroxyl groups is 1. The maximum atomic E-state index is 11.7. The summed E-state index contributed by atoms with van der Waals surface area (Å²) in [7, 11) is -3.34. The lowest BCUT2D eigenvalue weighted by Gasteiger charge is -2.04. The number of hydrogen-bond donors (Lipinski definition) is 2. The van der Waals surface area contributed by atoms with Crippen molar-refractivity contribution in [2.45, 2.75) is 38.4 Å². The van der Waals surface area contributed by atoms with Crippen molar-refractivity contribution in [3.63, 3.8) is 0 Å². The SMILES string of the molecule is Cc1cc(CS(=O)(=O)NCCCCCCO)no1. The standard InChI is InChI=1S/C11H20N2O4S/c1-10-8-11(13-17-10)9-18(15,16)12-6-4-2-3-5-7-14/h8,12,14H,2-7,9H2,1H3. The summed E-state index contributed by atoms with van der Waals surface area (Å²) in [5, 5.41) is 12.2. The van der Waals surface area contributed by atoms with Gasteiger partial charge in [0.25, 0.3) is 0 Å². The van der Waals surface area contributed by atoms with Crippen molar-refractivity contribution in [2.24, 2.45) is 0 Å². The fourth-order valence-corrected chi connectivity index (χ4v) is 2.63. The van der Waals surface area contributed by atoms with Gasteiger partial charge in [0.15, 0.2) is 0 Å². The third-order valence-corrected chi connectivity index (χ3v) is 3.74. The molecule has 1 aromatic rings. The van der Waals surface area contributed by atoms with Crippen LogP contribution in [-0.4, -0.2) is 31.8 Å². The zero-order valence-electron chi connectivity index (χ0n) is 10.6. The maximum Gasteiger partial charge on any atom is 0.217 e. The number of aromatic nitrogens is 1. The van der Waals surface area contributed by atoms with Gasteiger partial charge in [0.1, 0.15) is 17.2 Å². The molecule has 0 saturated carbocycles. The summed E-state index contributed by atoms with van der Waals surface area (Å²) in [6.45, 7) is 2.33. The fourth-order valence-electron chi connectivity index (χ4n) is 1.55. The van der Waals surface area contributed by atoms with Gasteiger partial charge in [-0.1, -0.05) is 18.0 Å². The molecule has 0 fully saturated rings. The molecule has 0 bridgehead atoms. The molecule has 2 N–H and O–H groups in total. The van der Waals surface area contributed by atoms with Crippen molar-refractivity contribution in [3.8, 4) is 0 Å². The zero-order valence-corrected chi connectivity index (χ0v) is 11.4. The van der Waals surface area contributed by atoms with Crippen LogP contribution in [0.1, 0.15) is 37.1 Å². The Balaban J connectivity index is 2.23. The van der Waals surface area contributed by atoms with Gasteiger partial charge < -0.3 is 9.63 Å². The van der Waals surface area contributed by atoms with E-state index in [1.54, 1.807) is 13.0 Å². The predicted octanol–water partition coefficient (Wildman–Crippen LogP) is 0.955. The van der Waals surface area contributed by atoms with E-state index in [0.29, 0.717) is 18.0 Å². The molecule has 18 heavy (non-hydrogen) atoms. The third-order valence-electron chi connectivity index (χ3n) is 2.42. The summed E-state index contributed by atoms with van der Waals surface area (Å²) < 4.78 is 30.7. The van der Waals surface area contributed by atoms with E-state index in [1.165, 1.54) is 0 Å². The highest BCUT2D eigenvalue weighted by Crippen LogP contribution is 2.06. The second kappa shape index (κ2) is 7.50. The van der Waals surface area contributed by atoms with Gasteiger partial charge in [0, 0.05) is 19.2 Å². The van der Waals surface area contributed by atoms with Crippen LogP contribution in [0.2, 0.25) is 0 Å². The Labute approximate surface area is 107 Å². The van der Waals surface area contributed by atoms with Crippen molar-refractivity contribution in [3.05, 3.63) is 17.5 Å². The number of sulfonamides is 1. The van der Waals surface area contributed by atoms with E-state index in [2.05, 4.69) is 9.88 Å². The Bertz CT molecular complexity index is 442. The summed E-state index contributed by atoms with van der Waals surface area (Å²) in [6.07, 6.45) is 3.37. The Morgan fingerprint density at radius 1 is 1.33 bits per heavy atom. The monoisotopic (exact) mass is 276 g/mol. The van der Waals surface area contributed by atoms with Crippen molar-refractivity contribution in [2.75, 3.05) is 13.2 Å². The lowest BCUT2D eigenvalue weighted by atomic mass is 10.2. The normalized spacial score (nSPS) is 11.9.